The lowest BCUT2D eigenvalue weighted by atomic mass is 10.1. The van der Waals surface area contributed by atoms with Crippen molar-refractivity contribution < 1.29 is 9.53 Å². The summed E-state index contributed by atoms with van der Waals surface area (Å²) >= 11 is 10.7. The molecule has 0 bridgehead atoms. The van der Waals surface area contributed by atoms with Crippen LogP contribution in [0.25, 0.3) is 11.3 Å². The molecule has 3 rings (SSSR count). The molecule has 1 N–H and O–H groups in total. The lowest BCUT2D eigenvalue weighted by molar-refractivity contribution is -0.118. The molecule has 7 heteroatoms. The normalized spacial score (nSPS) is 10.5. The number of halogens is 2. The largest absolute Gasteiger partial charge is 0.484 e. The second-order valence-electron chi connectivity index (χ2n) is 5.22. The summed E-state index contributed by atoms with van der Waals surface area (Å²) in [6.45, 7) is 1.89. The van der Waals surface area contributed by atoms with Crippen molar-refractivity contribution in [2.24, 2.45) is 0 Å². The average molecular weight is 438 g/mol. The Kier molecular flexibility index (Phi) is 5.73. The first kappa shape index (κ1) is 17.9. The Hall–Kier alpha value is -1.89. The maximum Gasteiger partial charge on any atom is 0.264 e. The molecule has 2 aromatic carbocycles. The van der Waals surface area contributed by atoms with E-state index in [1.54, 1.807) is 12.1 Å². The summed E-state index contributed by atoms with van der Waals surface area (Å²) in [6, 6.07) is 14.8. The SMILES string of the molecule is Cc1sc(NC(=O)COc2cccc(Br)c2)nc1-c1ccc(Cl)cc1. The first-order valence-corrected chi connectivity index (χ1v) is 9.41. The van der Waals surface area contributed by atoms with Crippen LogP contribution < -0.4 is 10.1 Å². The van der Waals surface area contributed by atoms with Gasteiger partial charge in [-0.15, -0.1) is 11.3 Å². The van der Waals surface area contributed by atoms with Gasteiger partial charge in [-0.3, -0.25) is 10.1 Å². The molecule has 0 unspecified atom stereocenters. The molecule has 0 aliphatic heterocycles. The highest BCUT2D eigenvalue weighted by Crippen LogP contribution is 2.31. The third-order valence-electron chi connectivity index (χ3n) is 3.33. The fraction of sp³-hybridized carbons (Fsp3) is 0.111. The lowest BCUT2D eigenvalue weighted by Gasteiger charge is -2.06. The number of aryl methyl sites for hydroxylation is 1. The maximum absolute atomic E-state index is 12.1. The molecule has 0 aliphatic rings. The number of hydrogen-bond acceptors (Lipinski definition) is 4. The molecule has 0 spiro atoms. The predicted molar refractivity (Wildman–Crippen MR) is 106 cm³/mol. The van der Waals surface area contributed by atoms with Gasteiger partial charge in [0.05, 0.1) is 5.69 Å². The standard InChI is InChI=1S/C18H14BrClN2O2S/c1-11-17(12-5-7-14(20)8-6-12)22-18(25-11)21-16(23)10-24-15-4-2-3-13(19)9-15/h2-9H,10H2,1H3,(H,21,22,23). The summed E-state index contributed by atoms with van der Waals surface area (Å²) in [4.78, 5) is 17.6. The first-order chi connectivity index (χ1) is 12.0. The molecule has 1 amide bonds. The zero-order valence-electron chi connectivity index (χ0n) is 13.3. The number of ether oxygens (including phenoxy) is 1. The van der Waals surface area contributed by atoms with Crippen LogP contribution in [0.3, 0.4) is 0 Å². The van der Waals surface area contributed by atoms with E-state index in [1.807, 2.05) is 43.3 Å². The zero-order valence-corrected chi connectivity index (χ0v) is 16.4. The Morgan fingerprint density at radius 3 is 2.76 bits per heavy atom. The van der Waals surface area contributed by atoms with Gasteiger partial charge in [-0.25, -0.2) is 4.98 Å². The Morgan fingerprint density at radius 1 is 1.28 bits per heavy atom. The molecule has 1 aromatic heterocycles. The molecule has 0 atom stereocenters. The van der Waals surface area contributed by atoms with E-state index in [4.69, 9.17) is 16.3 Å². The van der Waals surface area contributed by atoms with E-state index in [1.165, 1.54) is 11.3 Å². The molecular weight excluding hydrogens is 424 g/mol. The molecule has 0 aliphatic carbocycles. The van der Waals surface area contributed by atoms with Crippen molar-refractivity contribution in [1.29, 1.82) is 0 Å². The first-order valence-electron chi connectivity index (χ1n) is 7.43. The number of aromatic nitrogens is 1. The van der Waals surface area contributed by atoms with Gasteiger partial charge in [-0.05, 0) is 37.3 Å². The van der Waals surface area contributed by atoms with Crippen LogP contribution in [0.2, 0.25) is 5.02 Å². The van der Waals surface area contributed by atoms with Gasteiger partial charge in [-0.2, -0.15) is 0 Å². The van der Waals surface area contributed by atoms with Crippen molar-refractivity contribution in [3.63, 3.8) is 0 Å². The van der Waals surface area contributed by atoms with Gasteiger partial charge in [0, 0.05) is 19.9 Å². The van der Waals surface area contributed by atoms with E-state index in [2.05, 4.69) is 26.2 Å². The van der Waals surface area contributed by atoms with Crippen LogP contribution in [0.1, 0.15) is 4.88 Å². The van der Waals surface area contributed by atoms with Gasteiger partial charge in [0.15, 0.2) is 11.7 Å². The molecule has 128 valence electrons. The van der Waals surface area contributed by atoms with Gasteiger partial charge in [-0.1, -0.05) is 45.7 Å². The van der Waals surface area contributed by atoms with Gasteiger partial charge in [0.1, 0.15) is 5.75 Å². The number of carbonyl (C=O) groups is 1. The zero-order chi connectivity index (χ0) is 17.8. The minimum absolute atomic E-state index is 0.0780. The minimum atomic E-state index is -0.253. The van der Waals surface area contributed by atoms with Crippen molar-refractivity contribution in [3.05, 3.63) is 62.9 Å². The number of carbonyl (C=O) groups excluding carboxylic acids is 1. The van der Waals surface area contributed by atoms with E-state index in [0.29, 0.717) is 15.9 Å². The van der Waals surface area contributed by atoms with Crippen LogP contribution in [-0.2, 0) is 4.79 Å². The number of anilines is 1. The van der Waals surface area contributed by atoms with Crippen molar-refractivity contribution in [2.45, 2.75) is 6.92 Å². The fourth-order valence-electron chi connectivity index (χ4n) is 2.19. The molecule has 0 fully saturated rings. The highest BCUT2D eigenvalue weighted by Gasteiger charge is 2.12. The summed E-state index contributed by atoms with van der Waals surface area (Å²) in [6.07, 6.45) is 0. The lowest BCUT2D eigenvalue weighted by Crippen LogP contribution is -2.20. The van der Waals surface area contributed by atoms with Crippen molar-refractivity contribution in [1.82, 2.24) is 4.98 Å². The topological polar surface area (TPSA) is 51.2 Å². The second-order valence-corrected chi connectivity index (χ2v) is 7.78. The van der Waals surface area contributed by atoms with Gasteiger partial charge >= 0.3 is 0 Å². The van der Waals surface area contributed by atoms with E-state index in [9.17, 15) is 4.79 Å². The number of hydrogen-bond donors (Lipinski definition) is 1. The summed E-state index contributed by atoms with van der Waals surface area (Å²) in [7, 11) is 0. The maximum atomic E-state index is 12.1. The van der Waals surface area contributed by atoms with Crippen LogP contribution >= 0.6 is 38.9 Å². The minimum Gasteiger partial charge on any atom is -0.484 e. The number of amides is 1. The molecule has 0 saturated carbocycles. The van der Waals surface area contributed by atoms with Crippen LogP contribution in [0.15, 0.2) is 53.0 Å². The Balaban J connectivity index is 1.64. The predicted octanol–water partition coefficient (Wildman–Crippen LogP) is 5.55. The molecule has 25 heavy (non-hydrogen) atoms. The van der Waals surface area contributed by atoms with Crippen LogP contribution in [0, 0.1) is 6.92 Å². The highest BCUT2D eigenvalue weighted by molar-refractivity contribution is 9.10. The van der Waals surface area contributed by atoms with E-state index in [-0.39, 0.29) is 12.5 Å². The van der Waals surface area contributed by atoms with Crippen molar-refractivity contribution in [2.75, 3.05) is 11.9 Å². The molecule has 3 aromatic rings. The number of benzene rings is 2. The summed E-state index contributed by atoms with van der Waals surface area (Å²) in [5.41, 5.74) is 1.80. The van der Waals surface area contributed by atoms with Crippen LogP contribution in [-0.4, -0.2) is 17.5 Å². The molecular formula is C18H14BrClN2O2S. The summed E-state index contributed by atoms with van der Waals surface area (Å²) in [5, 5.41) is 4.00. The van der Waals surface area contributed by atoms with Crippen molar-refractivity contribution in [3.8, 4) is 17.0 Å². The number of nitrogens with one attached hydrogen (secondary N) is 1. The van der Waals surface area contributed by atoms with E-state index >= 15 is 0 Å². The third-order valence-corrected chi connectivity index (χ3v) is 4.96. The molecule has 0 saturated heterocycles. The summed E-state index contributed by atoms with van der Waals surface area (Å²) in [5.74, 6) is 0.373. The van der Waals surface area contributed by atoms with Gasteiger partial charge in [0.25, 0.3) is 5.91 Å². The molecule has 4 nitrogen and oxygen atoms in total. The Morgan fingerprint density at radius 2 is 2.04 bits per heavy atom. The van der Waals surface area contributed by atoms with Crippen LogP contribution in [0.5, 0.6) is 5.75 Å². The highest BCUT2D eigenvalue weighted by atomic mass is 79.9. The number of thiazole rings is 1. The van der Waals surface area contributed by atoms with Crippen LogP contribution in [0.4, 0.5) is 5.13 Å². The monoisotopic (exact) mass is 436 g/mol. The Labute approximate surface area is 162 Å². The molecule has 1 heterocycles. The van der Waals surface area contributed by atoms with E-state index < -0.39 is 0 Å². The Bertz CT molecular complexity index is 896. The van der Waals surface area contributed by atoms with Gasteiger partial charge < -0.3 is 4.74 Å². The third kappa shape index (κ3) is 4.81. The summed E-state index contributed by atoms with van der Waals surface area (Å²) < 4.78 is 6.37. The number of nitrogens with zero attached hydrogens (tertiary/aromatic N) is 1. The average Bonchev–Trinajstić information content (AvgIpc) is 2.94. The van der Waals surface area contributed by atoms with Gasteiger partial charge in [0.2, 0.25) is 0 Å². The van der Waals surface area contributed by atoms with Crippen molar-refractivity contribution >= 4 is 49.9 Å². The molecule has 0 radical (unpaired) electrons. The second kappa shape index (κ2) is 7.99. The quantitative estimate of drug-likeness (QED) is 0.569. The fourth-order valence-corrected chi connectivity index (χ4v) is 3.54. The number of rotatable bonds is 5. The smallest absolute Gasteiger partial charge is 0.264 e. The van der Waals surface area contributed by atoms with E-state index in [0.717, 1.165) is 20.6 Å².